The van der Waals surface area contributed by atoms with E-state index in [9.17, 15) is 13.2 Å². The Hall–Kier alpha value is -1.86. The number of hydrogen-bond donors (Lipinski definition) is 1. The van der Waals surface area contributed by atoms with E-state index in [1.807, 2.05) is 19.9 Å². The fourth-order valence-corrected chi connectivity index (χ4v) is 4.67. The van der Waals surface area contributed by atoms with Gasteiger partial charge in [-0.25, -0.2) is 8.42 Å². The normalized spacial score (nSPS) is 11.4. The van der Waals surface area contributed by atoms with Crippen molar-refractivity contribution in [3.63, 3.8) is 0 Å². The Morgan fingerprint density at radius 2 is 1.86 bits per heavy atom. The van der Waals surface area contributed by atoms with Crippen molar-refractivity contribution in [2.75, 3.05) is 10.8 Å². The van der Waals surface area contributed by atoms with Crippen LogP contribution < -0.4 is 4.31 Å². The van der Waals surface area contributed by atoms with Crippen molar-refractivity contribution >= 4 is 33.0 Å². The molecule has 7 heteroatoms. The molecule has 0 radical (unpaired) electrons. The van der Waals surface area contributed by atoms with Crippen molar-refractivity contribution in [3.8, 4) is 0 Å². The largest absolute Gasteiger partial charge is 0.481 e. The molecule has 118 valence electrons. The minimum atomic E-state index is -3.76. The van der Waals surface area contributed by atoms with Crippen LogP contribution in [-0.2, 0) is 14.8 Å². The van der Waals surface area contributed by atoms with Gasteiger partial charge in [-0.05, 0) is 48.6 Å². The molecular formula is C15H17NO4S2. The lowest BCUT2D eigenvalue weighted by Gasteiger charge is -2.24. The van der Waals surface area contributed by atoms with E-state index in [4.69, 9.17) is 5.11 Å². The summed E-state index contributed by atoms with van der Waals surface area (Å²) < 4.78 is 26.7. The zero-order valence-electron chi connectivity index (χ0n) is 12.3. The number of thiophene rings is 1. The van der Waals surface area contributed by atoms with Crippen LogP contribution in [0.15, 0.2) is 39.9 Å². The highest BCUT2D eigenvalue weighted by Gasteiger charge is 2.26. The fraction of sp³-hybridized carbons (Fsp3) is 0.267. The number of anilines is 1. The van der Waals surface area contributed by atoms with E-state index in [1.54, 1.807) is 22.9 Å². The highest BCUT2D eigenvalue weighted by molar-refractivity contribution is 7.93. The van der Waals surface area contributed by atoms with Gasteiger partial charge in [0, 0.05) is 11.9 Å². The summed E-state index contributed by atoms with van der Waals surface area (Å²) in [5.74, 6) is -1.03. The van der Waals surface area contributed by atoms with Crippen LogP contribution in [0.5, 0.6) is 0 Å². The maximum atomic E-state index is 12.8. The first kappa shape index (κ1) is 16.5. The minimum absolute atomic E-state index is 0.101. The number of sulfonamides is 1. The van der Waals surface area contributed by atoms with Crippen molar-refractivity contribution in [1.29, 1.82) is 0 Å². The third-order valence-electron chi connectivity index (χ3n) is 3.11. The van der Waals surface area contributed by atoms with Crippen molar-refractivity contribution < 1.29 is 18.3 Å². The molecule has 22 heavy (non-hydrogen) atoms. The first-order valence-electron chi connectivity index (χ1n) is 6.66. The third kappa shape index (κ3) is 3.66. The number of rotatable bonds is 6. The highest BCUT2D eigenvalue weighted by atomic mass is 32.2. The van der Waals surface area contributed by atoms with Gasteiger partial charge in [-0.15, -0.1) is 0 Å². The van der Waals surface area contributed by atoms with Crippen LogP contribution in [0.4, 0.5) is 5.69 Å². The molecule has 0 amide bonds. The Morgan fingerprint density at radius 3 is 2.36 bits per heavy atom. The van der Waals surface area contributed by atoms with Crippen molar-refractivity contribution in [3.05, 3.63) is 46.2 Å². The molecule has 0 saturated carbocycles. The predicted molar refractivity (Wildman–Crippen MR) is 87.0 cm³/mol. The SMILES string of the molecule is Cc1cc(C)cc(N(CCC(=O)O)S(=O)(=O)c2ccsc2)c1. The van der Waals surface area contributed by atoms with Gasteiger partial charge in [0.15, 0.2) is 0 Å². The maximum Gasteiger partial charge on any atom is 0.305 e. The topological polar surface area (TPSA) is 74.7 Å². The number of carbonyl (C=O) groups is 1. The molecule has 1 aromatic carbocycles. The van der Waals surface area contributed by atoms with Crippen LogP contribution in [0.25, 0.3) is 0 Å². The summed E-state index contributed by atoms with van der Waals surface area (Å²) in [6.45, 7) is 3.66. The van der Waals surface area contributed by atoms with E-state index in [1.165, 1.54) is 21.7 Å². The van der Waals surface area contributed by atoms with E-state index >= 15 is 0 Å². The summed E-state index contributed by atoms with van der Waals surface area (Å²) >= 11 is 1.29. The van der Waals surface area contributed by atoms with Crippen molar-refractivity contribution in [1.82, 2.24) is 0 Å². The molecule has 0 fully saturated rings. The van der Waals surface area contributed by atoms with E-state index in [0.717, 1.165) is 11.1 Å². The quantitative estimate of drug-likeness (QED) is 0.878. The minimum Gasteiger partial charge on any atom is -0.481 e. The van der Waals surface area contributed by atoms with Crippen molar-refractivity contribution in [2.24, 2.45) is 0 Å². The van der Waals surface area contributed by atoms with Crippen LogP contribution in [0.2, 0.25) is 0 Å². The molecule has 0 bridgehead atoms. The van der Waals surface area contributed by atoms with Gasteiger partial charge in [-0.3, -0.25) is 9.10 Å². The van der Waals surface area contributed by atoms with E-state index in [2.05, 4.69) is 0 Å². The lowest BCUT2D eigenvalue weighted by Crippen LogP contribution is -2.33. The van der Waals surface area contributed by atoms with Crippen LogP contribution in [-0.4, -0.2) is 26.0 Å². The molecule has 0 spiro atoms. The molecule has 0 atom stereocenters. The van der Waals surface area contributed by atoms with Gasteiger partial charge in [0.05, 0.1) is 17.0 Å². The average Bonchev–Trinajstić information content (AvgIpc) is 2.91. The second kappa shape index (κ2) is 6.50. The number of hydrogen-bond acceptors (Lipinski definition) is 4. The zero-order chi connectivity index (χ0) is 16.3. The van der Waals surface area contributed by atoms with Crippen LogP contribution >= 0.6 is 11.3 Å². The van der Waals surface area contributed by atoms with Crippen molar-refractivity contribution in [2.45, 2.75) is 25.2 Å². The number of benzene rings is 1. The number of aryl methyl sites for hydroxylation is 2. The molecule has 2 aromatic rings. The highest BCUT2D eigenvalue weighted by Crippen LogP contribution is 2.27. The summed E-state index contributed by atoms with van der Waals surface area (Å²) in [5, 5.41) is 12.1. The standard InChI is InChI=1S/C15H17NO4S2/c1-11-7-12(2)9-13(8-11)16(5-3-15(17)18)22(19,20)14-4-6-21-10-14/h4,6-10H,3,5H2,1-2H3,(H,17,18). The molecule has 1 N–H and O–H groups in total. The number of nitrogens with zero attached hydrogens (tertiary/aromatic N) is 1. The Kier molecular flexibility index (Phi) is 4.87. The molecule has 5 nitrogen and oxygen atoms in total. The summed E-state index contributed by atoms with van der Waals surface area (Å²) in [6.07, 6.45) is -0.254. The lowest BCUT2D eigenvalue weighted by molar-refractivity contribution is -0.136. The first-order chi connectivity index (χ1) is 10.3. The second-order valence-electron chi connectivity index (χ2n) is 5.03. The molecule has 0 aliphatic rings. The summed E-state index contributed by atoms with van der Waals surface area (Å²) in [7, 11) is -3.76. The third-order valence-corrected chi connectivity index (χ3v) is 5.76. The molecule has 0 saturated heterocycles. The van der Waals surface area contributed by atoms with Gasteiger partial charge in [0.25, 0.3) is 10.0 Å². The van der Waals surface area contributed by atoms with E-state index < -0.39 is 16.0 Å². The fourth-order valence-electron chi connectivity index (χ4n) is 2.21. The number of carboxylic acids is 1. The molecule has 2 rings (SSSR count). The molecule has 1 aromatic heterocycles. The second-order valence-corrected chi connectivity index (χ2v) is 7.67. The summed E-state index contributed by atoms with van der Waals surface area (Å²) in [5.41, 5.74) is 2.34. The van der Waals surface area contributed by atoms with Crippen LogP contribution in [0.1, 0.15) is 17.5 Å². The molecule has 0 aliphatic carbocycles. The predicted octanol–water partition coefficient (Wildman–Crippen LogP) is 3.03. The van der Waals surface area contributed by atoms with Gasteiger partial charge in [-0.1, -0.05) is 6.07 Å². The monoisotopic (exact) mass is 339 g/mol. The van der Waals surface area contributed by atoms with E-state index in [-0.39, 0.29) is 17.9 Å². The number of aliphatic carboxylic acids is 1. The van der Waals surface area contributed by atoms with Gasteiger partial charge in [0.2, 0.25) is 0 Å². The molecule has 0 aliphatic heterocycles. The Balaban J connectivity index is 2.49. The Labute approximate surface area is 133 Å². The van der Waals surface area contributed by atoms with Gasteiger partial charge in [-0.2, -0.15) is 11.3 Å². The van der Waals surface area contributed by atoms with Gasteiger partial charge >= 0.3 is 5.97 Å². The average molecular weight is 339 g/mol. The smallest absolute Gasteiger partial charge is 0.305 e. The zero-order valence-corrected chi connectivity index (χ0v) is 13.9. The van der Waals surface area contributed by atoms with Crippen LogP contribution in [0.3, 0.4) is 0 Å². The molecule has 0 unspecified atom stereocenters. The Morgan fingerprint density at radius 1 is 1.23 bits per heavy atom. The van der Waals surface area contributed by atoms with Crippen LogP contribution in [0, 0.1) is 13.8 Å². The summed E-state index contributed by atoms with van der Waals surface area (Å²) in [4.78, 5) is 11.0. The van der Waals surface area contributed by atoms with Gasteiger partial charge < -0.3 is 5.11 Å². The molecular weight excluding hydrogens is 322 g/mol. The first-order valence-corrected chi connectivity index (χ1v) is 9.04. The Bertz CT molecular complexity index is 747. The summed E-state index contributed by atoms with van der Waals surface area (Å²) in [6, 6.07) is 6.96. The lowest BCUT2D eigenvalue weighted by atomic mass is 10.1. The number of carboxylic acid groups (broad SMARTS) is 1. The maximum absolute atomic E-state index is 12.8. The van der Waals surface area contributed by atoms with E-state index in [0.29, 0.717) is 5.69 Å². The molecule has 1 heterocycles. The van der Waals surface area contributed by atoms with Gasteiger partial charge in [0.1, 0.15) is 0 Å².